The zero-order chi connectivity index (χ0) is 18.6. The SMILES string of the molecule is CC(C)Sc1ccc(C(=O)NC(C)c2ccc(S(N)(=O)=O)cc2)cc1. The van der Waals surface area contributed by atoms with Gasteiger partial charge < -0.3 is 5.32 Å². The predicted octanol–water partition coefficient (Wildman–Crippen LogP) is 3.33. The van der Waals surface area contributed by atoms with Gasteiger partial charge in [-0.15, -0.1) is 11.8 Å². The van der Waals surface area contributed by atoms with E-state index in [1.807, 2.05) is 19.1 Å². The second-order valence-electron chi connectivity index (χ2n) is 6.00. The lowest BCUT2D eigenvalue weighted by Crippen LogP contribution is -2.26. The number of nitrogens with two attached hydrogens (primary N) is 1. The summed E-state index contributed by atoms with van der Waals surface area (Å²) in [6, 6.07) is 13.4. The number of carbonyl (C=O) groups is 1. The quantitative estimate of drug-likeness (QED) is 0.755. The smallest absolute Gasteiger partial charge is 0.251 e. The highest BCUT2D eigenvalue weighted by molar-refractivity contribution is 7.99. The molecule has 0 fully saturated rings. The Morgan fingerprint density at radius 3 is 2.04 bits per heavy atom. The van der Waals surface area contributed by atoms with Crippen molar-refractivity contribution in [3.05, 3.63) is 59.7 Å². The van der Waals surface area contributed by atoms with Gasteiger partial charge >= 0.3 is 0 Å². The first kappa shape index (κ1) is 19.5. The molecule has 0 spiro atoms. The van der Waals surface area contributed by atoms with Crippen LogP contribution in [0.1, 0.15) is 42.7 Å². The van der Waals surface area contributed by atoms with Gasteiger partial charge in [-0.2, -0.15) is 0 Å². The fourth-order valence-electron chi connectivity index (χ4n) is 2.27. The normalized spacial score (nSPS) is 12.8. The summed E-state index contributed by atoms with van der Waals surface area (Å²) in [6.45, 7) is 6.08. The third kappa shape index (κ3) is 5.59. The van der Waals surface area contributed by atoms with Gasteiger partial charge in [0.15, 0.2) is 0 Å². The number of rotatable bonds is 6. The van der Waals surface area contributed by atoms with E-state index in [9.17, 15) is 13.2 Å². The van der Waals surface area contributed by atoms with E-state index in [4.69, 9.17) is 5.14 Å². The Morgan fingerprint density at radius 1 is 1.00 bits per heavy atom. The van der Waals surface area contributed by atoms with Gasteiger partial charge in [0.2, 0.25) is 10.0 Å². The molecule has 0 radical (unpaired) electrons. The monoisotopic (exact) mass is 378 g/mol. The van der Waals surface area contributed by atoms with Gasteiger partial charge in [0, 0.05) is 15.7 Å². The number of sulfonamides is 1. The number of benzene rings is 2. The van der Waals surface area contributed by atoms with E-state index in [1.54, 1.807) is 36.0 Å². The number of carbonyl (C=O) groups excluding carboxylic acids is 1. The van der Waals surface area contributed by atoms with Gasteiger partial charge in [0.25, 0.3) is 5.91 Å². The summed E-state index contributed by atoms with van der Waals surface area (Å²) >= 11 is 1.74. The summed E-state index contributed by atoms with van der Waals surface area (Å²) in [6.07, 6.45) is 0. The molecule has 0 heterocycles. The lowest BCUT2D eigenvalue weighted by molar-refractivity contribution is 0.0940. The van der Waals surface area contributed by atoms with Crippen LogP contribution < -0.4 is 10.5 Å². The Kier molecular flexibility index (Phi) is 6.26. The molecular weight excluding hydrogens is 356 g/mol. The van der Waals surface area contributed by atoms with Crippen LogP contribution in [0, 0.1) is 0 Å². The van der Waals surface area contributed by atoms with Crippen LogP contribution in [0.5, 0.6) is 0 Å². The molecule has 2 aromatic carbocycles. The van der Waals surface area contributed by atoms with Crippen molar-refractivity contribution in [3.63, 3.8) is 0 Å². The molecule has 1 atom stereocenters. The summed E-state index contributed by atoms with van der Waals surface area (Å²) < 4.78 is 22.6. The van der Waals surface area contributed by atoms with Gasteiger partial charge in [-0.3, -0.25) is 4.79 Å². The maximum atomic E-state index is 12.4. The fourth-order valence-corrected chi connectivity index (χ4v) is 3.62. The van der Waals surface area contributed by atoms with E-state index >= 15 is 0 Å². The minimum absolute atomic E-state index is 0.0491. The Hall–Kier alpha value is -1.83. The molecule has 0 bridgehead atoms. The molecule has 0 aliphatic rings. The van der Waals surface area contributed by atoms with Crippen LogP contribution in [0.15, 0.2) is 58.3 Å². The van der Waals surface area contributed by atoms with Crippen LogP contribution >= 0.6 is 11.8 Å². The van der Waals surface area contributed by atoms with Crippen LogP contribution in [0.25, 0.3) is 0 Å². The van der Waals surface area contributed by atoms with E-state index in [1.165, 1.54) is 12.1 Å². The average molecular weight is 379 g/mol. The van der Waals surface area contributed by atoms with Crippen molar-refractivity contribution >= 4 is 27.7 Å². The first-order valence-electron chi connectivity index (χ1n) is 7.87. The highest BCUT2D eigenvalue weighted by Gasteiger charge is 2.13. The second-order valence-corrected chi connectivity index (χ2v) is 9.21. The molecule has 1 unspecified atom stereocenters. The zero-order valence-corrected chi connectivity index (χ0v) is 16.0. The number of hydrogen-bond acceptors (Lipinski definition) is 4. The summed E-state index contributed by atoms with van der Waals surface area (Å²) in [5.41, 5.74) is 1.38. The summed E-state index contributed by atoms with van der Waals surface area (Å²) in [5.74, 6) is -0.177. The molecule has 0 saturated carbocycles. The molecule has 3 N–H and O–H groups in total. The predicted molar refractivity (Wildman–Crippen MR) is 101 cm³/mol. The summed E-state index contributed by atoms with van der Waals surface area (Å²) in [5, 5.41) is 8.47. The molecule has 1 amide bonds. The van der Waals surface area contributed by atoms with Crippen molar-refractivity contribution in [2.45, 2.75) is 41.9 Å². The Labute approximate surface area is 153 Å². The fraction of sp³-hybridized carbons (Fsp3) is 0.278. The lowest BCUT2D eigenvalue weighted by Gasteiger charge is -2.15. The molecule has 7 heteroatoms. The number of thioether (sulfide) groups is 1. The molecule has 0 aliphatic carbocycles. The molecule has 0 aromatic heterocycles. The van der Waals surface area contributed by atoms with Gasteiger partial charge in [0.05, 0.1) is 10.9 Å². The van der Waals surface area contributed by atoms with Crippen molar-refractivity contribution in [2.24, 2.45) is 5.14 Å². The molecule has 25 heavy (non-hydrogen) atoms. The van der Waals surface area contributed by atoms with Crippen LogP contribution in [0.2, 0.25) is 0 Å². The highest BCUT2D eigenvalue weighted by Crippen LogP contribution is 2.23. The van der Waals surface area contributed by atoms with Gasteiger partial charge in [-0.25, -0.2) is 13.6 Å². The largest absolute Gasteiger partial charge is 0.346 e. The number of primary sulfonamides is 1. The van der Waals surface area contributed by atoms with Crippen molar-refractivity contribution in [1.82, 2.24) is 5.32 Å². The number of amides is 1. The molecule has 0 aliphatic heterocycles. The second kappa shape index (κ2) is 8.03. The van der Waals surface area contributed by atoms with Crippen LogP contribution in [-0.4, -0.2) is 19.6 Å². The Morgan fingerprint density at radius 2 is 1.56 bits per heavy atom. The van der Waals surface area contributed by atoms with Crippen molar-refractivity contribution in [1.29, 1.82) is 0 Å². The minimum atomic E-state index is -3.71. The summed E-state index contributed by atoms with van der Waals surface area (Å²) in [4.78, 5) is 13.5. The molecule has 2 rings (SSSR count). The van der Waals surface area contributed by atoms with E-state index in [0.29, 0.717) is 10.8 Å². The third-order valence-corrected chi connectivity index (χ3v) is 5.49. The Bertz CT molecular complexity index is 830. The van der Waals surface area contributed by atoms with Gasteiger partial charge in [-0.1, -0.05) is 26.0 Å². The maximum Gasteiger partial charge on any atom is 0.251 e. The van der Waals surface area contributed by atoms with Gasteiger partial charge in [0.1, 0.15) is 0 Å². The van der Waals surface area contributed by atoms with Crippen molar-refractivity contribution in [2.75, 3.05) is 0 Å². The minimum Gasteiger partial charge on any atom is -0.346 e. The van der Waals surface area contributed by atoms with Crippen LogP contribution in [0.4, 0.5) is 0 Å². The van der Waals surface area contributed by atoms with Gasteiger partial charge in [-0.05, 0) is 48.9 Å². The van der Waals surface area contributed by atoms with E-state index in [-0.39, 0.29) is 16.8 Å². The lowest BCUT2D eigenvalue weighted by atomic mass is 10.1. The van der Waals surface area contributed by atoms with Crippen LogP contribution in [0.3, 0.4) is 0 Å². The highest BCUT2D eigenvalue weighted by atomic mass is 32.2. The van der Waals surface area contributed by atoms with Crippen molar-refractivity contribution < 1.29 is 13.2 Å². The van der Waals surface area contributed by atoms with Crippen molar-refractivity contribution in [3.8, 4) is 0 Å². The standard InChI is InChI=1S/C18H22N2O3S2/c1-12(2)24-16-8-4-15(5-9-16)18(21)20-13(3)14-6-10-17(11-7-14)25(19,22)23/h4-13H,1-3H3,(H,20,21)(H2,19,22,23). The zero-order valence-electron chi connectivity index (χ0n) is 14.4. The van der Waals surface area contributed by atoms with E-state index in [0.717, 1.165) is 10.5 Å². The first-order chi connectivity index (χ1) is 11.7. The average Bonchev–Trinajstić information content (AvgIpc) is 2.54. The number of nitrogens with one attached hydrogen (secondary N) is 1. The topological polar surface area (TPSA) is 89.3 Å². The molecule has 5 nitrogen and oxygen atoms in total. The maximum absolute atomic E-state index is 12.4. The first-order valence-corrected chi connectivity index (χ1v) is 10.3. The Balaban J connectivity index is 2.04. The summed E-state index contributed by atoms with van der Waals surface area (Å²) in [7, 11) is -3.71. The van der Waals surface area contributed by atoms with E-state index < -0.39 is 10.0 Å². The molecule has 134 valence electrons. The number of hydrogen-bond donors (Lipinski definition) is 2. The van der Waals surface area contributed by atoms with Crippen LogP contribution in [-0.2, 0) is 10.0 Å². The third-order valence-electron chi connectivity index (χ3n) is 3.54. The molecule has 2 aromatic rings. The van der Waals surface area contributed by atoms with E-state index in [2.05, 4.69) is 19.2 Å². The molecule has 0 saturated heterocycles. The molecular formula is C18H22N2O3S2.